The third kappa shape index (κ3) is 7.62. The number of carbonyl (C=O) groups is 1. The van der Waals surface area contributed by atoms with Crippen molar-refractivity contribution in [3.05, 3.63) is 31.5 Å². The fourth-order valence-electron chi connectivity index (χ4n) is 2.12. The molecular formula is C15H25N3O5. The van der Waals surface area contributed by atoms with Crippen LogP contribution in [0.5, 0.6) is 0 Å². The summed E-state index contributed by atoms with van der Waals surface area (Å²) in [4.78, 5) is 49.3. The summed E-state index contributed by atoms with van der Waals surface area (Å²) in [6, 6.07) is 0. The zero-order valence-corrected chi connectivity index (χ0v) is 13.9. The molecule has 0 saturated carbocycles. The lowest BCUT2D eigenvalue weighted by Crippen LogP contribution is -2.43. The molecular weight excluding hydrogens is 302 g/mol. The van der Waals surface area contributed by atoms with Crippen molar-refractivity contribution >= 4 is 5.97 Å². The van der Waals surface area contributed by atoms with Gasteiger partial charge in [-0.2, -0.15) is 0 Å². The minimum atomic E-state index is -0.793. The van der Waals surface area contributed by atoms with Crippen molar-refractivity contribution < 1.29 is 9.53 Å². The average Bonchev–Trinajstić information content (AvgIpc) is 2.37. The summed E-state index contributed by atoms with van der Waals surface area (Å²) in [5, 5.41) is 0. The Morgan fingerprint density at radius 1 is 0.957 bits per heavy atom. The number of rotatable bonds is 8. The van der Waals surface area contributed by atoms with Gasteiger partial charge in [-0.1, -0.05) is 19.3 Å². The largest absolute Gasteiger partial charge is 0.460 e. The summed E-state index contributed by atoms with van der Waals surface area (Å²) < 4.78 is 6.19. The maximum Gasteiger partial charge on any atom is 0.333 e. The van der Waals surface area contributed by atoms with Gasteiger partial charge in [0.15, 0.2) is 0 Å². The number of esters is 1. The van der Waals surface area contributed by atoms with E-state index in [1.54, 1.807) is 0 Å². The highest BCUT2D eigenvalue weighted by Gasteiger charge is 2.15. The van der Waals surface area contributed by atoms with Crippen molar-refractivity contribution in [2.45, 2.75) is 71.4 Å². The number of nitrogens with one attached hydrogen (secondary N) is 2. The Hall–Kier alpha value is -2.12. The van der Waals surface area contributed by atoms with E-state index in [4.69, 9.17) is 4.74 Å². The molecule has 23 heavy (non-hydrogen) atoms. The summed E-state index contributed by atoms with van der Waals surface area (Å²) in [7, 11) is 0. The maximum atomic E-state index is 11.5. The third-order valence-corrected chi connectivity index (χ3v) is 3.11. The van der Waals surface area contributed by atoms with Crippen molar-refractivity contribution in [3.63, 3.8) is 0 Å². The molecule has 8 nitrogen and oxygen atoms in total. The highest BCUT2D eigenvalue weighted by atomic mass is 16.6. The van der Waals surface area contributed by atoms with Crippen LogP contribution in [-0.4, -0.2) is 26.1 Å². The minimum absolute atomic E-state index is 0.191. The molecule has 0 aliphatic carbocycles. The van der Waals surface area contributed by atoms with Crippen molar-refractivity contribution in [1.29, 1.82) is 0 Å². The second kappa shape index (κ2) is 8.50. The Morgan fingerprint density at radius 3 is 2.04 bits per heavy atom. The van der Waals surface area contributed by atoms with Crippen LogP contribution in [-0.2, 0) is 16.1 Å². The van der Waals surface area contributed by atoms with Gasteiger partial charge in [-0.05, 0) is 33.6 Å². The predicted molar refractivity (Wildman–Crippen MR) is 85.5 cm³/mol. The average molecular weight is 327 g/mol. The molecule has 2 N–H and O–H groups in total. The Kier molecular flexibility index (Phi) is 6.99. The third-order valence-electron chi connectivity index (χ3n) is 3.11. The van der Waals surface area contributed by atoms with Gasteiger partial charge in [0, 0.05) is 13.0 Å². The van der Waals surface area contributed by atoms with E-state index in [1.807, 2.05) is 30.7 Å². The standard InChI is InChI=1S/C15H25N3O5/c1-15(2,3)23-11(19)9-7-5-4-6-8-10-18-13(21)16-12(20)17-14(18)22/h4-10H2,1-3H3,(H2,16,17,20,21,22). The number of hydrogen-bond acceptors (Lipinski definition) is 5. The van der Waals surface area contributed by atoms with Gasteiger partial charge in [0.05, 0.1) is 0 Å². The van der Waals surface area contributed by atoms with E-state index < -0.39 is 22.7 Å². The Bertz CT molecular complexity index is 644. The van der Waals surface area contributed by atoms with Crippen LogP contribution >= 0.6 is 0 Å². The molecule has 130 valence electrons. The molecule has 1 heterocycles. The molecule has 0 radical (unpaired) electrons. The first-order valence-electron chi connectivity index (χ1n) is 7.84. The van der Waals surface area contributed by atoms with Gasteiger partial charge in [0.25, 0.3) is 0 Å². The van der Waals surface area contributed by atoms with Crippen molar-refractivity contribution in [2.75, 3.05) is 0 Å². The molecule has 0 aliphatic heterocycles. The van der Waals surface area contributed by atoms with Crippen molar-refractivity contribution in [3.8, 4) is 0 Å². The molecule has 0 bridgehead atoms. The number of unbranched alkanes of at least 4 members (excludes halogenated alkanes) is 4. The van der Waals surface area contributed by atoms with Crippen molar-refractivity contribution in [1.82, 2.24) is 14.5 Å². The number of H-pyrrole nitrogens is 2. The van der Waals surface area contributed by atoms with E-state index in [-0.39, 0.29) is 12.5 Å². The van der Waals surface area contributed by atoms with E-state index in [0.29, 0.717) is 12.8 Å². The van der Waals surface area contributed by atoms with Gasteiger partial charge in [-0.15, -0.1) is 0 Å². The Labute approximate surface area is 133 Å². The van der Waals surface area contributed by atoms with Crippen LogP contribution in [0, 0.1) is 0 Å². The number of aromatic amines is 2. The molecule has 0 fully saturated rings. The van der Waals surface area contributed by atoms with Crippen LogP contribution in [0.2, 0.25) is 0 Å². The number of aromatic nitrogens is 3. The summed E-state index contributed by atoms with van der Waals surface area (Å²) >= 11 is 0. The van der Waals surface area contributed by atoms with E-state index in [2.05, 4.69) is 0 Å². The van der Waals surface area contributed by atoms with Gasteiger partial charge in [0.1, 0.15) is 5.60 Å². The summed E-state index contributed by atoms with van der Waals surface area (Å²) in [6.45, 7) is 5.78. The minimum Gasteiger partial charge on any atom is -0.460 e. The molecule has 8 heteroatoms. The van der Waals surface area contributed by atoms with E-state index in [0.717, 1.165) is 30.3 Å². The summed E-state index contributed by atoms with van der Waals surface area (Å²) in [5.74, 6) is -0.191. The highest BCUT2D eigenvalue weighted by Crippen LogP contribution is 2.11. The van der Waals surface area contributed by atoms with E-state index in [9.17, 15) is 19.2 Å². The quantitative estimate of drug-likeness (QED) is 0.544. The van der Waals surface area contributed by atoms with E-state index >= 15 is 0 Å². The lowest BCUT2D eigenvalue weighted by Gasteiger charge is -2.19. The molecule has 1 aromatic heterocycles. The first-order valence-corrected chi connectivity index (χ1v) is 7.84. The second-order valence-electron chi connectivity index (χ2n) is 6.45. The molecule has 0 atom stereocenters. The van der Waals surface area contributed by atoms with Crippen LogP contribution in [0.1, 0.15) is 59.3 Å². The summed E-state index contributed by atoms with van der Waals surface area (Å²) in [6.07, 6.45) is 4.43. The lowest BCUT2D eigenvalue weighted by atomic mass is 10.1. The van der Waals surface area contributed by atoms with Crippen LogP contribution in [0.3, 0.4) is 0 Å². The first-order chi connectivity index (χ1) is 10.7. The normalized spacial score (nSPS) is 11.4. The fraction of sp³-hybridized carbons (Fsp3) is 0.733. The Balaban J connectivity index is 2.20. The number of ether oxygens (including phenoxy) is 1. The zero-order chi connectivity index (χ0) is 17.5. The van der Waals surface area contributed by atoms with Crippen molar-refractivity contribution in [2.24, 2.45) is 0 Å². The molecule has 0 spiro atoms. The van der Waals surface area contributed by atoms with Crippen LogP contribution in [0.25, 0.3) is 0 Å². The first kappa shape index (κ1) is 18.9. The summed E-state index contributed by atoms with van der Waals surface area (Å²) in [5.41, 5.74) is -2.63. The van der Waals surface area contributed by atoms with Crippen LogP contribution < -0.4 is 17.1 Å². The SMILES string of the molecule is CC(C)(C)OC(=O)CCCCCCCn1c(=O)[nH]c(=O)[nH]c1=O. The Morgan fingerprint density at radius 2 is 1.48 bits per heavy atom. The number of nitrogens with zero attached hydrogens (tertiary/aromatic N) is 1. The molecule has 1 aromatic rings. The van der Waals surface area contributed by atoms with Gasteiger partial charge < -0.3 is 4.74 Å². The van der Waals surface area contributed by atoms with Crippen LogP contribution in [0.15, 0.2) is 14.4 Å². The fourth-order valence-corrected chi connectivity index (χ4v) is 2.12. The monoisotopic (exact) mass is 327 g/mol. The van der Waals surface area contributed by atoms with Gasteiger partial charge in [-0.25, -0.2) is 19.0 Å². The van der Waals surface area contributed by atoms with Gasteiger partial charge in [-0.3, -0.25) is 14.8 Å². The maximum absolute atomic E-state index is 11.5. The second-order valence-corrected chi connectivity index (χ2v) is 6.45. The topological polar surface area (TPSA) is 114 Å². The molecule has 0 unspecified atom stereocenters. The zero-order valence-electron chi connectivity index (χ0n) is 13.9. The molecule has 0 saturated heterocycles. The molecule has 0 aromatic carbocycles. The highest BCUT2D eigenvalue weighted by molar-refractivity contribution is 5.69. The molecule has 1 rings (SSSR count). The number of hydrogen-bond donors (Lipinski definition) is 2. The smallest absolute Gasteiger partial charge is 0.333 e. The van der Waals surface area contributed by atoms with Crippen LogP contribution in [0.4, 0.5) is 0 Å². The van der Waals surface area contributed by atoms with E-state index in [1.165, 1.54) is 0 Å². The molecule has 0 amide bonds. The van der Waals surface area contributed by atoms with Gasteiger partial charge >= 0.3 is 23.0 Å². The predicted octanol–water partition coefficient (Wildman–Crippen LogP) is 0.907. The molecule has 0 aliphatic rings. The lowest BCUT2D eigenvalue weighted by molar-refractivity contribution is -0.154. The van der Waals surface area contributed by atoms with Gasteiger partial charge in [0.2, 0.25) is 0 Å². The number of carbonyl (C=O) groups excluding carboxylic acids is 1.